The molecule has 9 heteroatoms. The number of carbonyl (C=O) groups excluding carboxylic acids is 1. The van der Waals surface area contributed by atoms with Crippen molar-refractivity contribution in [2.24, 2.45) is 5.10 Å². The van der Waals surface area contributed by atoms with Crippen molar-refractivity contribution in [2.45, 2.75) is 0 Å². The fourth-order valence-corrected chi connectivity index (χ4v) is 1.74. The van der Waals surface area contributed by atoms with Crippen molar-refractivity contribution in [3.05, 3.63) is 28.0 Å². The molecule has 0 unspecified atom stereocenters. The molecular weight excluding hydrogens is 266 g/mol. The average Bonchev–Trinajstić information content (AvgIpc) is 2.88. The van der Waals surface area contributed by atoms with Gasteiger partial charge in [0.1, 0.15) is 4.92 Å². The highest BCUT2D eigenvalue weighted by atomic mass is 16.6. The molecule has 0 spiro atoms. The molecule has 1 aliphatic rings. The fraction of sp³-hybridized carbons (Fsp3) is 0.455. The number of amides is 2. The number of rotatable bonds is 3. The van der Waals surface area contributed by atoms with Crippen LogP contribution in [0.1, 0.15) is 5.76 Å². The number of carbonyl (C=O) groups is 1. The molecule has 0 bridgehead atoms. The van der Waals surface area contributed by atoms with Gasteiger partial charge in [0.05, 0.1) is 12.3 Å². The van der Waals surface area contributed by atoms with Gasteiger partial charge < -0.3 is 14.2 Å². The lowest BCUT2D eigenvalue weighted by atomic mass is 10.3. The van der Waals surface area contributed by atoms with Gasteiger partial charge in [0.25, 0.3) is 0 Å². The van der Waals surface area contributed by atoms with Crippen LogP contribution in [-0.2, 0) is 0 Å². The Morgan fingerprint density at radius 3 is 2.75 bits per heavy atom. The van der Waals surface area contributed by atoms with Crippen molar-refractivity contribution in [1.82, 2.24) is 15.2 Å². The second-order valence-corrected chi connectivity index (χ2v) is 4.40. The molecule has 1 aromatic rings. The summed E-state index contributed by atoms with van der Waals surface area (Å²) in [4.78, 5) is 25.3. The van der Waals surface area contributed by atoms with Crippen molar-refractivity contribution in [1.29, 1.82) is 0 Å². The normalized spacial score (nSPS) is 16.6. The Hall–Kier alpha value is -2.42. The molecule has 2 rings (SSSR count). The highest BCUT2D eigenvalue weighted by Crippen LogP contribution is 2.13. The van der Waals surface area contributed by atoms with E-state index in [1.807, 2.05) is 7.05 Å². The largest absolute Gasteiger partial charge is 0.433 e. The number of nitrogens with one attached hydrogen (secondary N) is 1. The molecule has 0 atom stereocenters. The Balaban J connectivity index is 1.83. The lowest BCUT2D eigenvalue weighted by molar-refractivity contribution is -0.402. The zero-order valence-corrected chi connectivity index (χ0v) is 11.0. The number of urea groups is 1. The number of likely N-dealkylation sites (N-methyl/N-ethyl adjacent to an activating group) is 1. The predicted octanol–water partition coefficient (Wildman–Crippen LogP) is 0.479. The van der Waals surface area contributed by atoms with Gasteiger partial charge in [0, 0.05) is 26.2 Å². The predicted molar refractivity (Wildman–Crippen MR) is 70.6 cm³/mol. The van der Waals surface area contributed by atoms with Crippen molar-refractivity contribution in [2.75, 3.05) is 33.2 Å². The first kappa shape index (κ1) is 14.0. The summed E-state index contributed by atoms with van der Waals surface area (Å²) >= 11 is 0. The van der Waals surface area contributed by atoms with Crippen LogP contribution in [0.4, 0.5) is 10.7 Å². The molecule has 108 valence electrons. The van der Waals surface area contributed by atoms with Gasteiger partial charge in [-0.2, -0.15) is 5.10 Å². The second-order valence-electron chi connectivity index (χ2n) is 4.40. The zero-order valence-electron chi connectivity index (χ0n) is 11.0. The summed E-state index contributed by atoms with van der Waals surface area (Å²) in [5.41, 5.74) is 2.36. The van der Waals surface area contributed by atoms with Crippen LogP contribution in [0.25, 0.3) is 0 Å². The van der Waals surface area contributed by atoms with E-state index < -0.39 is 4.92 Å². The van der Waals surface area contributed by atoms with E-state index in [2.05, 4.69) is 15.4 Å². The fourth-order valence-electron chi connectivity index (χ4n) is 1.74. The Labute approximate surface area is 115 Å². The molecule has 1 aromatic heterocycles. The Kier molecular flexibility index (Phi) is 4.31. The number of hydrogen-bond donors (Lipinski definition) is 1. The van der Waals surface area contributed by atoms with Gasteiger partial charge in [0.15, 0.2) is 5.76 Å². The number of hydrazone groups is 1. The SMILES string of the molecule is CN1CCN(C(=O)N/N=C\c2ccc([N+](=O)[O-])o2)CC1. The van der Waals surface area contributed by atoms with Gasteiger partial charge in [0.2, 0.25) is 0 Å². The monoisotopic (exact) mass is 281 g/mol. The third-order valence-corrected chi connectivity index (χ3v) is 2.94. The highest BCUT2D eigenvalue weighted by molar-refractivity contribution is 5.79. The minimum Gasteiger partial charge on any atom is -0.400 e. The number of piperazine rings is 1. The summed E-state index contributed by atoms with van der Waals surface area (Å²) in [6.07, 6.45) is 1.22. The first-order valence-electron chi connectivity index (χ1n) is 6.07. The molecule has 1 fully saturated rings. The minimum atomic E-state index is -0.639. The maximum absolute atomic E-state index is 11.8. The third-order valence-electron chi connectivity index (χ3n) is 2.94. The smallest absolute Gasteiger partial charge is 0.400 e. The van der Waals surface area contributed by atoms with Crippen molar-refractivity contribution >= 4 is 18.1 Å². The molecule has 1 saturated heterocycles. The molecule has 20 heavy (non-hydrogen) atoms. The van der Waals surface area contributed by atoms with Crippen LogP contribution in [0.15, 0.2) is 21.7 Å². The summed E-state index contributed by atoms with van der Waals surface area (Å²) < 4.78 is 4.87. The average molecular weight is 281 g/mol. The van der Waals surface area contributed by atoms with Crippen LogP contribution >= 0.6 is 0 Å². The first-order valence-corrected chi connectivity index (χ1v) is 6.07. The van der Waals surface area contributed by atoms with Crippen LogP contribution in [0.2, 0.25) is 0 Å². The summed E-state index contributed by atoms with van der Waals surface area (Å²) in [6.45, 7) is 2.93. The molecule has 0 saturated carbocycles. The second kappa shape index (κ2) is 6.15. The highest BCUT2D eigenvalue weighted by Gasteiger charge is 2.18. The summed E-state index contributed by atoms with van der Waals surface area (Å²) in [5.74, 6) is -0.160. The minimum absolute atomic E-state index is 0.204. The van der Waals surface area contributed by atoms with Gasteiger partial charge in [-0.05, 0) is 13.1 Å². The van der Waals surface area contributed by atoms with Crippen LogP contribution < -0.4 is 5.43 Å². The number of nitrogens with zero attached hydrogens (tertiary/aromatic N) is 4. The molecule has 2 amide bonds. The van der Waals surface area contributed by atoms with Gasteiger partial charge in [-0.1, -0.05) is 0 Å². The number of furan rings is 1. The quantitative estimate of drug-likeness (QED) is 0.493. The van der Waals surface area contributed by atoms with Crippen molar-refractivity contribution < 1.29 is 14.1 Å². The van der Waals surface area contributed by atoms with Crippen LogP contribution in [0.5, 0.6) is 0 Å². The molecule has 0 aromatic carbocycles. The van der Waals surface area contributed by atoms with Gasteiger partial charge in [-0.25, -0.2) is 10.2 Å². The van der Waals surface area contributed by atoms with Crippen LogP contribution in [0, 0.1) is 10.1 Å². The molecule has 0 aliphatic carbocycles. The van der Waals surface area contributed by atoms with E-state index in [0.29, 0.717) is 13.1 Å². The molecule has 2 heterocycles. The van der Waals surface area contributed by atoms with E-state index >= 15 is 0 Å². The number of nitro groups is 1. The van der Waals surface area contributed by atoms with Gasteiger partial charge in [-0.15, -0.1) is 0 Å². The summed E-state index contributed by atoms with van der Waals surface area (Å²) in [7, 11) is 2.00. The van der Waals surface area contributed by atoms with E-state index in [9.17, 15) is 14.9 Å². The zero-order chi connectivity index (χ0) is 14.5. The maximum atomic E-state index is 11.8. The molecular formula is C11H15N5O4. The summed E-state index contributed by atoms with van der Waals surface area (Å²) in [5, 5.41) is 14.1. The van der Waals surface area contributed by atoms with Gasteiger partial charge >= 0.3 is 11.9 Å². The van der Waals surface area contributed by atoms with E-state index in [4.69, 9.17) is 4.42 Å². The van der Waals surface area contributed by atoms with E-state index in [1.54, 1.807) is 4.90 Å². The first-order chi connectivity index (χ1) is 9.56. The standard InChI is InChI=1S/C11H15N5O4/c1-14-4-6-15(7-5-14)11(17)13-12-8-9-2-3-10(20-9)16(18)19/h2-3,8H,4-7H2,1H3,(H,13,17)/b12-8-. The van der Waals surface area contributed by atoms with Crippen LogP contribution in [-0.4, -0.2) is 60.2 Å². The number of hydrogen-bond acceptors (Lipinski definition) is 6. The maximum Gasteiger partial charge on any atom is 0.433 e. The molecule has 0 radical (unpaired) electrons. The van der Waals surface area contributed by atoms with E-state index in [0.717, 1.165) is 13.1 Å². The Morgan fingerprint density at radius 2 is 2.15 bits per heavy atom. The van der Waals surface area contributed by atoms with E-state index in [-0.39, 0.29) is 17.7 Å². The van der Waals surface area contributed by atoms with Crippen LogP contribution in [0.3, 0.4) is 0 Å². The molecule has 1 aliphatic heterocycles. The summed E-state index contributed by atoms with van der Waals surface area (Å²) in [6, 6.07) is 2.34. The third kappa shape index (κ3) is 3.54. The van der Waals surface area contributed by atoms with Gasteiger partial charge in [-0.3, -0.25) is 10.1 Å². The lowest BCUT2D eigenvalue weighted by Gasteiger charge is -2.31. The van der Waals surface area contributed by atoms with Crippen molar-refractivity contribution in [3.8, 4) is 0 Å². The Bertz CT molecular complexity index is 519. The Morgan fingerprint density at radius 1 is 1.45 bits per heavy atom. The molecule has 9 nitrogen and oxygen atoms in total. The topological polar surface area (TPSA) is 104 Å². The molecule has 1 N–H and O–H groups in total. The lowest BCUT2D eigenvalue weighted by Crippen LogP contribution is -2.49. The van der Waals surface area contributed by atoms with Crippen molar-refractivity contribution in [3.63, 3.8) is 0 Å². The van der Waals surface area contributed by atoms with E-state index in [1.165, 1.54) is 18.3 Å².